The van der Waals surface area contributed by atoms with Gasteiger partial charge in [-0.3, -0.25) is 9.59 Å². The zero-order chi connectivity index (χ0) is 16.5. The molecule has 2 heterocycles. The molecule has 1 aliphatic heterocycles. The van der Waals surface area contributed by atoms with E-state index >= 15 is 0 Å². The molecule has 2 amide bonds. The molecule has 0 radical (unpaired) electrons. The van der Waals surface area contributed by atoms with Crippen LogP contribution in [0.1, 0.15) is 38.1 Å². The summed E-state index contributed by atoms with van der Waals surface area (Å²) in [6.07, 6.45) is 3.02. The van der Waals surface area contributed by atoms with Crippen LogP contribution in [0.15, 0.2) is 18.5 Å². The summed E-state index contributed by atoms with van der Waals surface area (Å²) in [5.74, 6) is -0.181. The Kier molecular flexibility index (Phi) is 4.60. The highest BCUT2D eigenvalue weighted by molar-refractivity contribution is 5.94. The fraction of sp³-hybridized carbons (Fsp3) is 0.625. The molecule has 0 bridgehead atoms. The zero-order valence-electron chi connectivity index (χ0n) is 13.7. The Morgan fingerprint density at radius 3 is 2.32 bits per heavy atom. The van der Waals surface area contributed by atoms with Crippen LogP contribution in [-0.4, -0.2) is 63.6 Å². The molecule has 6 nitrogen and oxygen atoms in total. The maximum absolute atomic E-state index is 12.6. The van der Waals surface area contributed by atoms with E-state index in [0.29, 0.717) is 18.7 Å². The van der Waals surface area contributed by atoms with Crippen molar-refractivity contribution in [2.75, 3.05) is 26.2 Å². The van der Waals surface area contributed by atoms with Crippen molar-refractivity contribution >= 4 is 11.8 Å². The second-order valence-electron chi connectivity index (χ2n) is 6.85. The van der Waals surface area contributed by atoms with Crippen molar-refractivity contribution in [3.05, 3.63) is 24.0 Å². The minimum atomic E-state index is -0.708. The van der Waals surface area contributed by atoms with Gasteiger partial charge in [0, 0.05) is 51.0 Å². The van der Waals surface area contributed by atoms with Crippen LogP contribution in [-0.2, 0) is 10.3 Å². The minimum absolute atomic E-state index is 0.0766. The molecule has 1 aliphatic rings. The van der Waals surface area contributed by atoms with Gasteiger partial charge in [0.15, 0.2) is 0 Å². The number of carbonyl (C=O) groups excluding carboxylic acids is 2. The molecule has 6 heteroatoms. The van der Waals surface area contributed by atoms with Gasteiger partial charge in [-0.15, -0.1) is 0 Å². The average Bonchev–Trinajstić information content (AvgIpc) is 2.82. The van der Waals surface area contributed by atoms with Crippen molar-refractivity contribution in [1.29, 1.82) is 0 Å². The molecule has 0 unspecified atom stereocenters. The van der Waals surface area contributed by atoms with Crippen molar-refractivity contribution < 1.29 is 14.7 Å². The number of hydrogen-bond acceptors (Lipinski definition) is 3. The quantitative estimate of drug-likeness (QED) is 0.838. The first-order chi connectivity index (χ1) is 10.2. The fourth-order valence-electron chi connectivity index (χ4n) is 2.58. The van der Waals surface area contributed by atoms with E-state index < -0.39 is 6.10 Å². The van der Waals surface area contributed by atoms with Gasteiger partial charge < -0.3 is 19.5 Å². The molecule has 1 N–H and O–H groups in total. The monoisotopic (exact) mass is 307 g/mol. The molecule has 1 saturated heterocycles. The van der Waals surface area contributed by atoms with Crippen LogP contribution in [0.5, 0.6) is 0 Å². The molecule has 122 valence electrons. The Morgan fingerprint density at radius 2 is 1.77 bits per heavy atom. The standard InChI is InChI=1S/C16H25N3O3/c1-12(20)17-7-8-18(11-14(21)10-17)15(22)13-5-6-19(9-13)16(2,3)4/h5-6,9,14,21H,7-8,10-11H2,1-4H3/t14-/m1/s1. The molecule has 22 heavy (non-hydrogen) atoms. The molecule has 0 aromatic carbocycles. The van der Waals surface area contributed by atoms with Gasteiger partial charge in [-0.1, -0.05) is 0 Å². The summed E-state index contributed by atoms with van der Waals surface area (Å²) in [5, 5.41) is 10.0. The number of rotatable bonds is 1. The van der Waals surface area contributed by atoms with E-state index in [-0.39, 0.29) is 30.4 Å². The summed E-state index contributed by atoms with van der Waals surface area (Å²) in [6.45, 7) is 9.12. The van der Waals surface area contributed by atoms with Gasteiger partial charge in [0.2, 0.25) is 5.91 Å². The van der Waals surface area contributed by atoms with E-state index in [0.717, 1.165) is 0 Å². The van der Waals surface area contributed by atoms with Crippen molar-refractivity contribution in [3.63, 3.8) is 0 Å². The van der Waals surface area contributed by atoms with E-state index in [9.17, 15) is 14.7 Å². The molecule has 0 aliphatic carbocycles. The summed E-state index contributed by atoms with van der Waals surface area (Å²) >= 11 is 0. The van der Waals surface area contributed by atoms with Gasteiger partial charge in [0.05, 0.1) is 11.7 Å². The number of aliphatic hydroxyl groups is 1. The fourth-order valence-corrected chi connectivity index (χ4v) is 2.58. The third kappa shape index (κ3) is 3.68. The summed E-state index contributed by atoms with van der Waals surface area (Å²) < 4.78 is 2.00. The first-order valence-corrected chi connectivity index (χ1v) is 7.60. The average molecular weight is 307 g/mol. The molecule has 1 aromatic heterocycles. The smallest absolute Gasteiger partial charge is 0.255 e. The van der Waals surface area contributed by atoms with Crippen LogP contribution in [0, 0.1) is 0 Å². The molecular weight excluding hydrogens is 282 g/mol. The van der Waals surface area contributed by atoms with Crippen molar-refractivity contribution in [3.8, 4) is 0 Å². The number of hydrogen-bond donors (Lipinski definition) is 1. The lowest BCUT2D eigenvalue weighted by Gasteiger charge is -2.22. The number of amides is 2. The number of aromatic nitrogens is 1. The van der Waals surface area contributed by atoms with Gasteiger partial charge in [-0.25, -0.2) is 0 Å². The first kappa shape index (κ1) is 16.5. The van der Waals surface area contributed by atoms with Gasteiger partial charge in [0.25, 0.3) is 5.91 Å². The topological polar surface area (TPSA) is 65.8 Å². The van der Waals surface area contributed by atoms with Crippen LogP contribution < -0.4 is 0 Å². The summed E-state index contributed by atoms with van der Waals surface area (Å²) in [4.78, 5) is 27.3. The Labute approximate surface area is 131 Å². The second kappa shape index (κ2) is 6.12. The highest BCUT2D eigenvalue weighted by Gasteiger charge is 2.27. The second-order valence-corrected chi connectivity index (χ2v) is 6.85. The van der Waals surface area contributed by atoms with Gasteiger partial charge in [-0.05, 0) is 26.8 Å². The van der Waals surface area contributed by atoms with Gasteiger partial charge >= 0.3 is 0 Å². The maximum atomic E-state index is 12.6. The summed E-state index contributed by atoms with van der Waals surface area (Å²) in [6, 6.07) is 1.80. The Balaban J connectivity index is 2.12. The number of aliphatic hydroxyl groups excluding tert-OH is 1. The third-order valence-electron chi connectivity index (χ3n) is 3.95. The van der Waals surface area contributed by atoms with E-state index in [1.54, 1.807) is 15.9 Å². The Morgan fingerprint density at radius 1 is 1.18 bits per heavy atom. The van der Waals surface area contributed by atoms with Crippen LogP contribution in [0.2, 0.25) is 0 Å². The number of nitrogens with zero attached hydrogens (tertiary/aromatic N) is 3. The largest absolute Gasteiger partial charge is 0.389 e. The zero-order valence-corrected chi connectivity index (χ0v) is 13.7. The van der Waals surface area contributed by atoms with E-state index in [1.807, 2.05) is 17.0 Å². The van der Waals surface area contributed by atoms with Crippen molar-refractivity contribution in [1.82, 2.24) is 14.4 Å². The van der Waals surface area contributed by atoms with Crippen LogP contribution >= 0.6 is 0 Å². The molecule has 1 atom stereocenters. The molecule has 1 aromatic rings. The Bertz CT molecular complexity index is 559. The van der Waals surface area contributed by atoms with Gasteiger partial charge in [-0.2, -0.15) is 0 Å². The van der Waals surface area contributed by atoms with E-state index in [1.165, 1.54) is 6.92 Å². The molecule has 0 saturated carbocycles. The lowest BCUT2D eigenvalue weighted by atomic mass is 10.1. The molecule has 0 spiro atoms. The van der Waals surface area contributed by atoms with Crippen molar-refractivity contribution in [2.24, 2.45) is 0 Å². The van der Waals surface area contributed by atoms with Crippen LogP contribution in [0.3, 0.4) is 0 Å². The third-order valence-corrected chi connectivity index (χ3v) is 3.95. The maximum Gasteiger partial charge on any atom is 0.255 e. The minimum Gasteiger partial charge on any atom is -0.389 e. The number of β-amino-alcohol motifs (C(OH)–C–C–N with tert-alkyl or cyclic N) is 1. The van der Waals surface area contributed by atoms with Crippen LogP contribution in [0.4, 0.5) is 0 Å². The first-order valence-electron chi connectivity index (χ1n) is 7.60. The number of carbonyl (C=O) groups is 2. The highest BCUT2D eigenvalue weighted by atomic mass is 16.3. The Hall–Kier alpha value is -1.82. The predicted molar refractivity (Wildman–Crippen MR) is 83.6 cm³/mol. The van der Waals surface area contributed by atoms with Gasteiger partial charge in [0.1, 0.15) is 0 Å². The lowest BCUT2D eigenvalue weighted by Crippen LogP contribution is -2.37. The normalized spacial score (nSPS) is 20.0. The molecule has 2 rings (SSSR count). The highest BCUT2D eigenvalue weighted by Crippen LogP contribution is 2.17. The van der Waals surface area contributed by atoms with E-state index in [4.69, 9.17) is 0 Å². The summed E-state index contributed by atoms with van der Waals surface area (Å²) in [5.41, 5.74) is 0.529. The lowest BCUT2D eigenvalue weighted by molar-refractivity contribution is -0.129. The van der Waals surface area contributed by atoms with Crippen LogP contribution in [0.25, 0.3) is 0 Å². The van der Waals surface area contributed by atoms with Crippen molar-refractivity contribution in [2.45, 2.75) is 39.3 Å². The molecular formula is C16H25N3O3. The van der Waals surface area contributed by atoms with E-state index in [2.05, 4.69) is 20.8 Å². The predicted octanol–water partition coefficient (Wildman–Crippen LogP) is 0.908. The summed E-state index contributed by atoms with van der Waals surface area (Å²) in [7, 11) is 0. The molecule has 1 fully saturated rings. The SMILES string of the molecule is CC(=O)N1CCN(C(=O)c2ccn(C(C)(C)C)c2)C[C@H](O)C1.